The number of ether oxygens (including phenoxy) is 3. The molecule has 3 aromatic rings. The molecule has 0 amide bonds. The van der Waals surface area contributed by atoms with Crippen LogP contribution in [0, 0.1) is 0 Å². The molecular weight excluding hydrogens is 500 g/mol. The number of rotatable bonds is 15. The Morgan fingerprint density at radius 2 is 0.842 bits per heavy atom. The molecule has 6 nitrogen and oxygen atoms in total. The Balaban J connectivity index is 0.00000118. The van der Waals surface area contributed by atoms with Crippen LogP contribution in [0.3, 0.4) is 0 Å². The Morgan fingerprint density at radius 3 is 1.05 bits per heavy atom. The summed E-state index contributed by atoms with van der Waals surface area (Å²) in [4.78, 5) is 12.2. The molecule has 0 aliphatic rings. The van der Waals surface area contributed by atoms with E-state index in [2.05, 4.69) is 93.6 Å². The van der Waals surface area contributed by atoms with Gasteiger partial charge in [-0.2, -0.15) is 0 Å². The fraction of sp³-hybridized carbons (Fsp3) is 0.387. The van der Waals surface area contributed by atoms with Crippen LogP contribution < -0.4 is 19.3 Å². The van der Waals surface area contributed by atoms with Crippen LogP contribution >= 0.6 is 0 Å². The topological polar surface area (TPSA) is 88.1 Å². The molecule has 0 saturated heterocycles. The van der Waals surface area contributed by atoms with E-state index in [1.807, 2.05) is 0 Å². The molecule has 0 aromatic heterocycles. The monoisotopic (exact) mass is 540 g/mol. The molecule has 0 bridgehead atoms. The Kier molecular flexibility index (Phi) is 14.7. The number of hydrogen-bond donors (Lipinski definition) is 1. The highest BCUT2D eigenvalue weighted by Gasteiger charge is 2.29. The molecule has 1 N–H and O–H groups in total. The van der Waals surface area contributed by atoms with Crippen LogP contribution in [0.1, 0.15) is 59.3 Å². The highest BCUT2D eigenvalue weighted by Crippen LogP contribution is 2.34. The molecule has 0 heterocycles. The van der Waals surface area contributed by atoms with E-state index in [4.69, 9.17) is 29.2 Å². The average Bonchev–Trinajstić information content (AvgIpc) is 2.92. The zero-order valence-corrected chi connectivity index (χ0v) is 23.5. The minimum atomic E-state index is -2.08. The number of benzene rings is 3. The second-order valence-electron chi connectivity index (χ2n) is 8.59. The van der Waals surface area contributed by atoms with Gasteiger partial charge in [-0.1, -0.05) is 40.0 Å². The van der Waals surface area contributed by atoms with Gasteiger partial charge >= 0.3 is 0 Å². The van der Waals surface area contributed by atoms with Crippen molar-refractivity contribution in [3.63, 3.8) is 0 Å². The van der Waals surface area contributed by atoms with Crippen molar-refractivity contribution in [2.45, 2.75) is 74.0 Å². The van der Waals surface area contributed by atoms with Crippen molar-refractivity contribution >= 4 is 17.1 Å². The minimum absolute atomic E-state index is 0.228. The predicted octanol–water partition coefficient (Wildman–Crippen LogP) is 7.21. The van der Waals surface area contributed by atoms with Gasteiger partial charge in [0.1, 0.15) is 17.2 Å². The normalized spacial score (nSPS) is 10.4. The summed E-state index contributed by atoms with van der Waals surface area (Å²) >= 11 is 0. The number of carboxylic acid groups (broad SMARTS) is 2. The molecule has 3 aromatic carbocycles. The molecule has 0 aliphatic heterocycles. The first-order valence-electron chi connectivity index (χ1n) is 13.3. The second-order valence-corrected chi connectivity index (χ2v) is 10.6. The first-order chi connectivity index (χ1) is 18.5. The van der Waals surface area contributed by atoms with Crippen LogP contribution in [0.25, 0.3) is 0 Å². The van der Waals surface area contributed by atoms with Gasteiger partial charge < -0.3 is 29.2 Å². The molecule has 38 heavy (non-hydrogen) atoms. The van der Waals surface area contributed by atoms with Crippen LogP contribution in [-0.2, 0) is 10.9 Å². The van der Waals surface area contributed by atoms with Gasteiger partial charge in [-0.05, 0) is 92.1 Å². The molecule has 0 fully saturated rings. The average molecular weight is 541 g/mol. The Labute approximate surface area is 229 Å². The third-order valence-electron chi connectivity index (χ3n) is 5.48. The summed E-state index contributed by atoms with van der Waals surface area (Å²) in [5, 5.41) is 15.3. The van der Waals surface area contributed by atoms with Crippen molar-refractivity contribution in [1.29, 1.82) is 0 Å². The van der Waals surface area contributed by atoms with E-state index in [0.29, 0.717) is 0 Å². The molecule has 0 saturated carbocycles. The summed E-state index contributed by atoms with van der Waals surface area (Å²) in [5.41, 5.74) is 0. The fourth-order valence-electron chi connectivity index (χ4n) is 3.43. The lowest BCUT2D eigenvalue weighted by Crippen LogP contribution is -2.17. The maximum atomic E-state index is 8.44. The lowest BCUT2D eigenvalue weighted by Gasteiger charge is -2.11. The quantitative estimate of drug-likeness (QED) is 0.162. The van der Waals surface area contributed by atoms with Crippen molar-refractivity contribution in [3.05, 3.63) is 72.8 Å². The number of hydrogen-bond acceptors (Lipinski definition) is 5. The van der Waals surface area contributed by atoms with Crippen molar-refractivity contribution < 1.29 is 29.2 Å². The fourth-order valence-corrected chi connectivity index (χ4v) is 5.47. The van der Waals surface area contributed by atoms with Gasteiger partial charge in [-0.25, -0.2) is 0 Å². The molecule has 0 radical (unpaired) electrons. The SMILES string of the molecule is CCCCOc1ccc([S+](c2ccc(OCCCC)cc2)c2ccc(OCCCC)cc2)cc1.O=C([O-])O. The van der Waals surface area contributed by atoms with Crippen LogP contribution in [0.15, 0.2) is 87.5 Å². The zero-order chi connectivity index (χ0) is 27.6. The summed E-state index contributed by atoms with van der Waals surface area (Å²) in [6.07, 6.45) is 4.55. The van der Waals surface area contributed by atoms with E-state index in [9.17, 15) is 0 Å². The van der Waals surface area contributed by atoms with E-state index < -0.39 is 6.16 Å². The molecule has 3 rings (SSSR count). The van der Waals surface area contributed by atoms with Gasteiger partial charge in [0.2, 0.25) is 6.16 Å². The number of carbonyl (C=O) groups is 1. The second kappa shape index (κ2) is 18.0. The van der Waals surface area contributed by atoms with Gasteiger partial charge in [-0.3, -0.25) is 0 Å². The van der Waals surface area contributed by atoms with Crippen LogP contribution in [0.2, 0.25) is 0 Å². The highest BCUT2D eigenvalue weighted by atomic mass is 32.2. The summed E-state index contributed by atoms with van der Waals surface area (Å²) in [5.74, 6) is 2.79. The lowest BCUT2D eigenvalue weighted by molar-refractivity contribution is -0.275. The van der Waals surface area contributed by atoms with Crippen LogP contribution in [0.5, 0.6) is 17.2 Å². The summed E-state index contributed by atoms with van der Waals surface area (Å²) in [7, 11) is -0.228. The summed E-state index contributed by atoms with van der Waals surface area (Å²) in [6, 6.07) is 25.7. The summed E-state index contributed by atoms with van der Waals surface area (Å²) < 4.78 is 17.7. The third-order valence-corrected chi connectivity index (χ3v) is 7.71. The Bertz CT molecular complexity index is 904. The Hall–Kier alpha value is -3.32. The van der Waals surface area contributed by atoms with E-state index in [0.717, 1.165) is 75.6 Å². The first-order valence-corrected chi connectivity index (χ1v) is 14.5. The van der Waals surface area contributed by atoms with Gasteiger partial charge in [0.15, 0.2) is 14.7 Å². The summed E-state index contributed by atoms with van der Waals surface area (Å²) in [6.45, 7) is 8.83. The van der Waals surface area contributed by atoms with E-state index >= 15 is 0 Å². The van der Waals surface area contributed by atoms with Crippen molar-refractivity contribution in [3.8, 4) is 17.2 Å². The van der Waals surface area contributed by atoms with Gasteiger partial charge in [0, 0.05) is 0 Å². The number of unbranched alkanes of at least 4 members (excludes halogenated alkanes) is 3. The largest absolute Gasteiger partial charge is 0.565 e. The highest BCUT2D eigenvalue weighted by molar-refractivity contribution is 7.97. The van der Waals surface area contributed by atoms with Crippen LogP contribution in [0.4, 0.5) is 4.79 Å². The van der Waals surface area contributed by atoms with Crippen LogP contribution in [-0.4, -0.2) is 31.1 Å². The molecule has 0 unspecified atom stereocenters. The maximum Gasteiger partial charge on any atom is 0.249 e. The van der Waals surface area contributed by atoms with E-state index in [1.165, 1.54) is 14.7 Å². The molecule has 0 atom stereocenters. The van der Waals surface area contributed by atoms with E-state index in [-0.39, 0.29) is 10.9 Å². The first kappa shape index (κ1) is 30.9. The van der Waals surface area contributed by atoms with Crippen molar-refractivity contribution in [2.24, 2.45) is 0 Å². The van der Waals surface area contributed by atoms with Crippen molar-refractivity contribution in [2.75, 3.05) is 19.8 Å². The van der Waals surface area contributed by atoms with Gasteiger partial charge in [-0.15, -0.1) is 0 Å². The predicted molar refractivity (Wildman–Crippen MR) is 151 cm³/mol. The molecule has 0 spiro atoms. The molecule has 206 valence electrons. The smallest absolute Gasteiger partial charge is 0.249 e. The van der Waals surface area contributed by atoms with Gasteiger partial charge in [0.05, 0.1) is 30.7 Å². The standard InChI is InChI=1S/C30H39O3S.CH2O3/c1-4-7-22-31-25-10-16-28(17-11-25)34(29-18-12-26(13-19-29)32-23-8-5-2)30-20-14-27(15-21-30)33-24-9-6-3;2-1(3)4/h10-21H,4-9,22-24H2,1-3H3;(H2,2,3,4)/q+1;/p-1. The lowest BCUT2D eigenvalue weighted by atomic mass is 10.3. The molecule has 0 aliphatic carbocycles. The minimum Gasteiger partial charge on any atom is -0.565 e. The Morgan fingerprint density at radius 1 is 0.605 bits per heavy atom. The molecule has 7 heteroatoms. The zero-order valence-electron chi connectivity index (χ0n) is 22.7. The van der Waals surface area contributed by atoms with Crippen molar-refractivity contribution in [1.82, 2.24) is 0 Å². The maximum absolute atomic E-state index is 8.44. The van der Waals surface area contributed by atoms with Gasteiger partial charge in [0.25, 0.3) is 0 Å². The third kappa shape index (κ3) is 11.4. The molecular formula is C31H40O6S. The van der Waals surface area contributed by atoms with E-state index in [1.54, 1.807) is 0 Å².